The Bertz CT molecular complexity index is 645. The molecule has 1 saturated heterocycles. The molecule has 1 aliphatic heterocycles. The molecule has 22 heavy (non-hydrogen) atoms. The quantitative estimate of drug-likeness (QED) is 0.724. The topological polar surface area (TPSA) is 85.6 Å². The van der Waals surface area contributed by atoms with Crippen LogP contribution in [0.5, 0.6) is 0 Å². The second-order valence-corrected chi connectivity index (χ2v) is 6.39. The number of terminal acetylenes is 1. The van der Waals surface area contributed by atoms with E-state index in [-0.39, 0.29) is 23.6 Å². The maximum absolute atomic E-state index is 9.88. The summed E-state index contributed by atoms with van der Waals surface area (Å²) in [5.74, 6) is 2.79. The Morgan fingerprint density at radius 1 is 1.32 bits per heavy atom. The fourth-order valence-electron chi connectivity index (χ4n) is 4.46. The molecule has 112 valence electrons. The van der Waals surface area contributed by atoms with Gasteiger partial charge in [-0.25, -0.2) is 0 Å². The third-order valence-electron chi connectivity index (χ3n) is 5.45. The van der Waals surface area contributed by atoms with E-state index in [4.69, 9.17) is 12.2 Å². The third-order valence-corrected chi connectivity index (χ3v) is 5.45. The Hall–Kier alpha value is -2.22. The Morgan fingerprint density at radius 3 is 2.73 bits per heavy atom. The van der Waals surface area contributed by atoms with Gasteiger partial charge in [-0.1, -0.05) is 12.0 Å². The molecule has 4 heteroatoms. The van der Waals surface area contributed by atoms with Gasteiger partial charge in [0.2, 0.25) is 0 Å². The fraction of sp³-hybridized carbons (Fsp3) is 0.556. The summed E-state index contributed by atoms with van der Waals surface area (Å²) in [6.45, 7) is 0.952. The predicted molar refractivity (Wildman–Crippen MR) is 83.6 cm³/mol. The first kappa shape index (κ1) is 14.7. The zero-order valence-electron chi connectivity index (χ0n) is 12.6. The summed E-state index contributed by atoms with van der Waals surface area (Å²) in [5.41, 5.74) is 6.85. The van der Waals surface area contributed by atoms with E-state index in [9.17, 15) is 10.5 Å². The standard InChI is InChI=1S/C18H20N4/c1-2-18(11-20)16(15-8-5-9-22-15)13-7-4-3-6-12(13)14(10-19)17(18)21/h1,6,13,15-16,22H,3-5,7-9,21H2. The Morgan fingerprint density at radius 2 is 2.14 bits per heavy atom. The molecule has 3 aliphatic rings. The van der Waals surface area contributed by atoms with Crippen LogP contribution in [-0.2, 0) is 0 Å². The minimum Gasteiger partial charge on any atom is -0.399 e. The first-order valence-electron chi connectivity index (χ1n) is 7.92. The third kappa shape index (κ3) is 1.87. The van der Waals surface area contributed by atoms with Crippen molar-refractivity contribution in [1.82, 2.24) is 5.32 Å². The van der Waals surface area contributed by atoms with Gasteiger partial charge < -0.3 is 11.1 Å². The molecule has 0 aromatic carbocycles. The molecular weight excluding hydrogens is 272 g/mol. The molecule has 0 bridgehead atoms. The maximum Gasteiger partial charge on any atom is 0.162 e. The van der Waals surface area contributed by atoms with Gasteiger partial charge in [0, 0.05) is 12.0 Å². The fourth-order valence-corrected chi connectivity index (χ4v) is 4.46. The van der Waals surface area contributed by atoms with Gasteiger partial charge in [-0.05, 0) is 50.1 Å². The van der Waals surface area contributed by atoms with E-state index in [0.717, 1.165) is 44.2 Å². The summed E-state index contributed by atoms with van der Waals surface area (Å²) in [4.78, 5) is 0. The zero-order valence-corrected chi connectivity index (χ0v) is 12.6. The van der Waals surface area contributed by atoms with Gasteiger partial charge in [-0.3, -0.25) is 0 Å². The molecule has 0 aromatic heterocycles. The van der Waals surface area contributed by atoms with Crippen molar-refractivity contribution >= 4 is 0 Å². The minimum absolute atomic E-state index is 0.0475. The molecular formula is C18H20N4. The lowest BCUT2D eigenvalue weighted by molar-refractivity contribution is 0.185. The first-order chi connectivity index (χ1) is 10.7. The Labute approximate surface area is 131 Å². The van der Waals surface area contributed by atoms with Crippen LogP contribution in [0.3, 0.4) is 0 Å². The average molecular weight is 292 g/mol. The molecule has 4 nitrogen and oxygen atoms in total. The van der Waals surface area contributed by atoms with E-state index in [0.29, 0.717) is 5.57 Å². The van der Waals surface area contributed by atoms with Crippen molar-refractivity contribution in [1.29, 1.82) is 10.5 Å². The molecule has 4 unspecified atom stereocenters. The van der Waals surface area contributed by atoms with Crippen LogP contribution in [0.25, 0.3) is 0 Å². The van der Waals surface area contributed by atoms with Crippen molar-refractivity contribution in [2.24, 2.45) is 23.0 Å². The summed E-state index contributed by atoms with van der Waals surface area (Å²) >= 11 is 0. The number of nitrogens with two attached hydrogens (primary N) is 1. The van der Waals surface area contributed by atoms with E-state index in [1.54, 1.807) is 0 Å². The number of hydrogen-bond donors (Lipinski definition) is 2. The number of hydrogen-bond acceptors (Lipinski definition) is 4. The largest absolute Gasteiger partial charge is 0.399 e. The lowest BCUT2D eigenvalue weighted by Gasteiger charge is -2.46. The second-order valence-electron chi connectivity index (χ2n) is 6.39. The molecule has 1 fully saturated rings. The van der Waals surface area contributed by atoms with E-state index >= 15 is 0 Å². The van der Waals surface area contributed by atoms with Crippen LogP contribution >= 0.6 is 0 Å². The normalized spacial score (nSPS) is 37.5. The maximum atomic E-state index is 9.88. The molecule has 0 spiro atoms. The van der Waals surface area contributed by atoms with Crippen molar-refractivity contribution in [2.45, 2.75) is 38.1 Å². The van der Waals surface area contributed by atoms with Crippen molar-refractivity contribution in [3.05, 3.63) is 22.9 Å². The summed E-state index contributed by atoms with van der Waals surface area (Å²) in [6, 6.07) is 4.71. The van der Waals surface area contributed by atoms with Crippen molar-refractivity contribution in [3.8, 4) is 24.5 Å². The highest BCUT2D eigenvalue weighted by molar-refractivity contribution is 5.57. The molecule has 0 amide bonds. The molecule has 4 atom stereocenters. The Kier molecular flexibility index (Phi) is 3.69. The van der Waals surface area contributed by atoms with E-state index < -0.39 is 5.41 Å². The molecule has 0 aromatic rings. The summed E-state index contributed by atoms with van der Waals surface area (Å²) in [5, 5.41) is 22.9. The van der Waals surface area contributed by atoms with Crippen LogP contribution in [0.2, 0.25) is 0 Å². The highest BCUT2D eigenvalue weighted by Gasteiger charge is 2.54. The predicted octanol–water partition coefficient (Wildman–Crippen LogP) is 1.97. The number of nitriles is 2. The summed E-state index contributed by atoms with van der Waals surface area (Å²) < 4.78 is 0. The van der Waals surface area contributed by atoms with E-state index in [1.807, 2.05) is 0 Å². The van der Waals surface area contributed by atoms with Gasteiger partial charge >= 0.3 is 0 Å². The monoisotopic (exact) mass is 292 g/mol. The Balaban J connectivity index is 2.23. The molecule has 2 aliphatic carbocycles. The lowest BCUT2D eigenvalue weighted by Crippen LogP contribution is -2.51. The smallest absolute Gasteiger partial charge is 0.162 e. The number of nitrogens with zero attached hydrogens (tertiary/aromatic N) is 2. The molecule has 0 saturated carbocycles. The van der Waals surface area contributed by atoms with Crippen LogP contribution in [0.4, 0.5) is 0 Å². The lowest BCUT2D eigenvalue weighted by atomic mass is 9.56. The van der Waals surface area contributed by atoms with Crippen LogP contribution in [-0.4, -0.2) is 12.6 Å². The summed E-state index contributed by atoms with van der Waals surface area (Å²) in [6.07, 6.45) is 13.0. The second kappa shape index (κ2) is 5.53. The van der Waals surface area contributed by atoms with Gasteiger partial charge in [0.05, 0.1) is 17.3 Å². The van der Waals surface area contributed by atoms with Crippen LogP contribution in [0.1, 0.15) is 32.1 Å². The van der Waals surface area contributed by atoms with Gasteiger partial charge in [0.25, 0.3) is 0 Å². The van der Waals surface area contributed by atoms with Crippen molar-refractivity contribution in [2.75, 3.05) is 6.54 Å². The van der Waals surface area contributed by atoms with Crippen LogP contribution in [0.15, 0.2) is 22.9 Å². The van der Waals surface area contributed by atoms with E-state index in [2.05, 4.69) is 29.5 Å². The van der Waals surface area contributed by atoms with Gasteiger partial charge in [0.1, 0.15) is 6.07 Å². The molecule has 3 N–H and O–H groups in total. The van der Waals surface area contributed by atoms with Gasteiger partial charge in [0.15, 0.2) is 5.41 Å². The van der Waals surface area contributed by atoms with Crippen molar-refractivity contribution in [3.63, 3.8) is 0 Å². The van der Waals surface area contributed by atoms with Crippen molar-refractivity contribution < 1.29 is 0 Å². The number of nitrogens with one attached hydrogen (secondary N) is 1. The van der Waals surface area contributed by atoms with E-state index in [1.165, 1.54) is 0 Å². The number of allylic oxidation sites excluding steroid dienone is 4. The molecule has 3 rings (SSSR count). The minimum atomic E-state index is -1.17. The highest BCUT2D eigenvalue weighted by Crippen LogP contribution is 2.53. The van der Waals surface area contributed by atoms with Crippen LogP contribution < -0.4 is 11.1 Å². The first-order valence-corrected chi connectivity index (χ1v) is 7.92. The van der Waals surface area contributed by atoms with Gasteiger partial charge in [-0.15, -0.1) is 6.42 Å². The molecule has 0 radical (unpaired) electrons. The van der Waals surface area contributed by atoms with Crippen LogP contribution in [0, 0.1) is 52.3 Å². The average Bonchev–Trinajstić information content (AvgIpc) is 3.08. The SMILES string of the molecule is C#CC1(C#N)C(N)=C(C#N)C2=CCCCC2C1C1CCCN1. The zero-order chi connectivity index (χ0) is 15.7. The number of fused-ring (bicyclic) bond motifs is 1. The van der Waals surface area contributed by atoms with Gasteiger partial charge in [-0.2, -0.15) is 10.5 Å². The number of rotatable bonds is 1. The molecule has 1 heterocycles. The highest BCUT2D eigenvalue weighted by atomic mass is 15.0. The summed E-state index contributed by atoms with van der Waals surface area (Å²) in [7, 11) is 0.